The Kier molecular flexibility index (Phi) is 6.72. The quantitative estimate of drug-likeness (QED) is 0.377. The Hall–Kier alpha value is -3.36. The minimum Gasteiger partial charge on any atom is -0.493 e. The molecule has 8 heteroatoms. The van der Waals surface area contributed by atoms with Gasteiger partial charge < -0.3 is 24.3 Å². The molecule has 0 atom stereocenters. The van der Waals surface area contributed by atoms with Crippen LogP contribution < -0.4 is 19.5 Å². The fraction of sp³-hybridized carbons (Fsp3) is 0.250. The van der Waals surface area contributed by atoms with Gasteiger partial charge in [-0.25, -0.2) is 9.97 Å². The molecule has 0 aliphatic rings. The van der Waals surface area contributed by atoms with Crippen molar-refractivity contribution < 1.29 is 18.9 Å². The van der Waals surface area contributed by atoms with Crippen LogP contribution in [0, 0.1) is 0 Å². The average molecular weight is 452 g/mol. The second-order valence-corrected chi connectivity index (χ2v) is 7.86. The van der Waals surface area contributed by atoms with Crippen molar-refractivity contribution in [3.63, 3.8) is 0 Å². The Morgan fingerprint density at radius 2 is 1.62 bits per heavy atom. The fourth-order valence-corrected chi connectivity index (χ4v) is 4.53. The number of methoxy groups -OCH3 is 4. The van der Waals surface area contributed by atoms with Gasteiger partial charge in [0.25, 0.3) is 0 Å². The number of hydrogen-bond acceptors (Lipinski definition) is 8. The summed E-state index contributed by atoms with van der Waals surface area (Å²) in [6.07, 6.45) is 0. The molecule has 1 N–H and O–H groups in total. The van der Waals surface area contributed by atoms with Crippen LogP contribution in [0.2, 0.25) is 0 Å². The van der Waals surface area contributed by atoms with Crippen molar-refractivity contribution in [2.45, 2.75) is 13.2 Å². The molecule has 4 aromatic rings. The number of hydrogen-bond donors (Lipinski definition) is 1. The van der Waals surface area contributed by atoms with E-state index in [1.807, 2.05) is 30.3 Å². The molecule has 0 spiro atoms. The van der Waals surface area contributed by atoms with Crippen LogP contribution in [0.15, 0.2) is 47.8 Å². The van der Waals surface area contributed by atoms with Crippen LogP contribution in [-0.2, 0) is 17.9 Å². The number of anilines is 1. The summed E-state index contributed by atoms with van der Waals surface area (Å²) in [6.45, 7) is 0.854. The minimum absolute atomic E-state index is 0.341. The zero-order valence-corrected chi connectivity index (χ0v) is 19.3. The molecule has 32 heavy (non-hydrogen) atoms. The Morgan fingerprint density at radius 1 is 0.906 bits per heavy atom. The molecule has 166 valence electrons. The van der Waals surface area contributed by atoms with E-state index in [0.29, 0.717) is 36.2 Å². The van der Waals surface area contributed by atoms with Crippen LogP contribution in [0.3, 0.4) is 0 Å². The van der Waals surface area contributed by atoms with Crippen LogP contribution in [0.1, 0.15) is 11.4 Å². The second kappa shape index (κ2) is 9.84. The van der Waals surface area contributed by atoms with Crippen molar-refractivity contribution >= 4 is 27.4 Å². The van der Waals surface area contributed by atoms with Crippen molar-refractivity contribution in [1.29, 1.82) is 0 Å². The number of ether oxygens (including phenoxy) is 4. The van der Waals surface area contributed by atoms with Gasteiger partial charge in [0, 0.05) is 24.6 Å². The van der Waals surface area contributed by atoms with Crippen molar-refractivity contribution in [2.75, 3.05) is 33.8 Å². The van der Waals surface area contributed by atoms with E-state index in [1.54, 1.807) is 39.8 Å². The molecule has 0 saturated carbocycles. The molecule has 4 rings (SSSR count). The molecule has 0 aliphatic carbocycles. The zero-order valence-electron chi connectivity index (χ0n) is 18.5. The Labute approximate surface area is 191 Å². The van der Waals surface area contributed by atoms with E-state index in [4.69, 9.17) is 28.9 Å². The van der Waals surface area contributed by atoms with Gasteiger partial charge in [-0.15, -0.1) is 11.3 Å². The highest BCUT2D eigenvalue weighted by Crippen LogP contribution is 2.39. The standard InChI is InChI=1S/C24H25N3O4S/c1-28-13-20-26-23(21-17(14-32-24(21)27-20)16-8-6-5-7-9-16)25-12-15-10-18(29-2)22(31-4)19(11-15)30-3/h5-11,14H,12-13H2,1-4H3,(H,25,26,27). The minimum atomic E-state index is 0.341. The first kappa shape index (κ1) is 21.9. The highest BCUT2D eigenvalue weighted by atomic mass is 32.1. The summed E-state index contributed by atoms with van der Waals surface area (Å²) in [5.74, 6) is 3.17. The largest absolute Gasteiger partial charge is 0.493 e. The summed E-state index contributed by atoms with van der Waals surface area (Å²) in [7, 11) is 6.45. The van der Waals surface area contributed by atoms with E-state index < -0.39 is 0 Å². The van der Waals surface area contributed by atoms with Gasteiger partial charge in [0.15, 0.2) is 17.3 Å². The van der Waals surface area contributed by atoms with E-state index in [-0.39, 0.29) is 0 Å². The summed E-state index contributed by atoms with van der Waals surface area (Å²) in [4.78, 5) is 10.4. The number of benzene rings is 2. The van der Waals surface area contributed by atoms with Crippen LogP contribution in [-0.4, -0.2) is 38.4 Å². The average Bonchev–Trinajstić information content (AvgIpc) is 3.26. The molecule has 0 amide bonds. The maximum atomic E-state index is 5.48. The smallest absolute Gasteiger partial charge is 0.203 e. The SMILES string of the molecule is COCc1nc(NCc2cc(OC)c(OC)c(OC)c2)c2c(-c3ccccc3)csc2n1. The van der Waals surface area contributed by atoms with Crippen molar-refractivity contribution in [1.82, 2.24) is 9.97 Å². The topological polar surface area (TPSA) is 74.7 Å². The van der Waals surface area contributed by atoms with E-state index in [0.717, 1.165) is 32.7 Å². The Bertz CT molecular complexity index is 1190. The first-order valence-electron chi connectivity index (χ1n) is 10.0. The number of aromatic nitrogens is 2. The summed E-state index contributed by atoms with van der Waals surface area (Å²) in [5.41, 5.74) is 3.19. The molecule has 0 bridgehead atoms. The van der Waals surface area contributed by atoms with Crippen LogP contribution in [0.25, 0.3) is 21.3 Å². The lowest BCUT2D eigenvalue weighted by atomic mass is 10.1. The third kappa shape index (κ3) is 4.32. The van der Waals surface area contributed by atoms with E-state index in [1.165, 1.54) is 0 Å². The van der Waals surface area contributed by atoms with E-state index >= 15 is 0 Å². The van der Waals surface area contributed by atoms with Crippen molar-refractivity contribution in [3.05, 3.63) is 59.2 Å². The van der Waals surface area contributed by atoms with Crippen LogP contribution in [0.5, 0.6) is 17.2 Å². The van der Waals surface area contributed by atoms with Gasteiger partial charge in [0.05, 0.1) is 26.7 Å². The number of nitrogens with one attached hydrogen (secondary N) is 1. The molecule has 2 aromatic carbocycles. The normalized spacial score (nSPS) is 10.9. The molecule has 0 saturated heterocycles. The van der Waals surface area contributed by atoms with Gasteiger partial charge in [0.2, 0.25) is 5.75 Å². The monoisotopic (exact) mass is 451 g/mol. The number of fused-ring (bicyclic) bond motifs is 1. The third-order valence-electron chi connectivity index (χ3n) is 5.02. The molecule has 0 radical (unpaired) electrons. The fourth-order valence-electron chi connectivity index (χ4n) is 3.56. The summed E-state index contributed by atoms with van der Waals surface area (Å²) >= 11 is 1.60. The second-order valence-electron chi connectivity index (χ2n) is 7.00. The maximum Gasteiger partial charge on any atom is 0.203 e. The molecule has 2 aromatic heterocycles. The molecule has 7 nitrogen and oxygen atoms in total. The van der Waals surface area contributed by atoms with E-state index in [9.17, 15) is 0 Å². The Balaban J connectivity index is 1.74. The maximum absolute atomic E-state index is 5.48. The predicted molar refractivity (Wildman–Crippen MR) is 127 cm³/mol. The molecular formula is C24H25N3O4S. The zero-order chi connectivity index (χ0) is 22.5. The van der Waals surface area contributed by atoms with Gasteiger partial charge >= 0.3 is 0 Å². The number of thiophene rings is 1. The van der Waals surface area contributed by atoms with E-state index in [2.05, 4.69) is 22.8 Å². The lowest BCUT2D eigenvalue weighted by molar-refractivity contribution is 0.178. The highest BCUT2D eigenvalue weighted by Gasteiger charge is 2.17. The van der Waals surface area contributed by atoms with Gasteiger partial charge in [0.1, 0.15) is 17.3 Å². The van der Waals surface area contributed by atoms with Crippen molar-refractivity contribution in [2.24, 2.45) is 0 Å². The lowest BCUT2D eigenvalue weighted by Gasteiger charge is -2.15. The molecule has 0 unspecified atom stereocenters. The Morgan fingerprint density at radius 3 is 2.25 bits per heavy atom. The first-order chi connectivity index (χ1) is 15.7. The van der Waals surface area contributed by atoms with Gasteiger partial charge in [-0.3, -0.25) is 0 Å². The highest BCUT2D eigenvalue weighted by molar-refractivity contribution is 7.17. The van der Waals surface area contributed by atoms with Crippen molar-refractivity contribution in [3.8, 4) is 28.4 Å². The summed E-state index contributed by atoms with van der Waals surface area (Å²) < 4.78 is 21.7. The predicted octanol–water partition coefficient (Wildman–Crippen LogP) is 5.14. The summed E-state index contributed by atoms with van der Waals surface area (Å²) in [5, 5.41) is 6.60. The van der Waals surface area contributed by atoms with Crippen LogP contribution in [0.4, 0.5) is 5.82 Å². The molecule has 0 fully saturated rings. The lowest BCUT2D eigenvalue weighted by Crippen LogP contribution is -2.07. The van der Waals surface area contributed by atoms with Gasteiger partial charge in [-0.2, -0.15) is 0 Å². The number of nitrogens with zero attached hydrogens (tertiary/aromatic N) is 2. The van der Waals surface area contributed by atoms with Gasteiger partial charge in [-0.05, 0) is 23.3 Å². The summed E-state index contributed by atoms with van der Waals surface area (Å²) in [6, 6.07) is 14.1. The molecule has 0 aliphatic heterocycles. The molecular weight excluding hydrogens is 426 g/mol. The first-order valence-corrected chi connectivity index (χ1v) is 10.9. The third-order valence-corrected chi connectivity index (χ3v) is 5.89. The molecule has 2 heterocycles. The number of rotatable bonds is 9. The van der Waals surface area contributed by atoms with Crippen LogP contribution >= 0.6 is 11.3 Å². The van der Waals surface area contributed by atoms with Gasteiger partial charge in [-0.1, -0.05) is 30.3 Å².